The molecule has 1 heterocycles. The molecule has 0 aromatic heterocycles. The number of barbiturate groups is 1. The number of hydrogen-bond acceptors (Lipinski definition) is 4. The average Bonchev–Trinajstić information content (AvgIpc) is 2.56. The molecule has 1 atom stereocenters. The molecule has 0 radical (unpaired) electrons. The van der Waals surface area contributed by atoms with Crippen LogP contribution < -0.4 is 10.2 Å². The van der Waals surface area contributed by atoms with Crippen molar-refractivity contribution in [1.29, 1.82) is 0 Å². The minimum Gasteiger partial charge on any atom is -0.334 e. The summed E-state index contributed by atoms with van der Waals surface area (Å²) in [5.41, 5.74) is 0. The van der Waals surface area contributed by atoms with Crippen LogP contribution in [0.2, 0.25) is 0 Å². The molecule has 7 heteroatoms. The van der Waals surface area contributed by atoms with Crippen molar-refractivity contribution in [2.45, 2.75) is 46.5 Å². The standard InChI is InChI=1S/C17H30N4O3/c1-4-7-8-9-11-21-16(23)14(15(22)19-17(21)24)13-18-10-12-20(5-2)6-3/h13-14H,4-12H2,1-3H3,(H,19,22,24)/p+1/t14-/m0/s1. The van der Waals surface area contributed by atoms with Crippen molar-refractivity contribution in [2.24, 2.45) is 10.9 Å². The van der Waals surface area contributed by atoms with Crippen molar-refractivity contribution in [3.05, 3.63) is 0 Å². The van der Waals surface area contributed by atoms with Gasteiger partial charge >= 0.3 is 6.03 Å². The molecular weight excluding hydrogens is 308 g/mol. The Labute approximate surface area is 144 Å². The third-order valence-electron chi connectivity index (χ3n) is 4.37. The van der Waals surface area contributed by atoms with Crippen molar-refractivity contribution in [3.63, 3.8) is 0 Å². The Morgan fingerprint density at radius 1 is 1.12 bits per heavy atom. The van der Waals surface area contributed by atoms with Crippen LogP contribution in [0.3, 0.4) is 0 Å². The highest BCUT2D eigenvalue weighted by atomic mass is 16.2. The number of rotatable bonds is 11. The fourth-order valence-corrected chi connectivity index (χ4v) is 2.68. The lowest BCUT2D eigenvalue weighted by atomic mass is 10.1. The van der Waals surface area contributed by atoms with Crippen molar-refractivity contribution in [1.82, 2.24) is 10.2 Å². The highest BCUT2D eigenvalue weighted by molar-refractivity contribution is 6.23. The maximum atomic E-state index is 12.4. The number of unbranched alkanes of at least 4 members (excludes halogenated alkanes) is 3. The molecule has 0 aromatic carbocycles. The number of aliphatic imine (C=N–C) groups is 1. The van der Waals surface area contributed by atoms with E-state index in [1.165, 1.54) is 11.1 Å². The molecule has 1 aliphatic heterocycles. The zero-order valence-corrected chi connectivity index (χ0v) is 15.1. The first-order valence-electron chi connectivity index (χ1n) is 9.04. The van der Waals surface area contributed by atoms with Crippen molar-refractivity contribution in [3.8, 4) is 0 Å². The summed E-state index contributed by atoms with van der Waals surface area (Å²) in [5, 5.41) is 2.25. The highest BCUT2D eigenvalue weighted by Gasteiger charge is 2.38. The number of hydrogen-bond donors (Lipinski definition) is 2. The fraction of sp³-hybridized carbons (Fsp3) is 0.765. The van der Waals surface area contributed by atoms with Gasteiger partial charge < -0.3 is 4.90 Å². The molecule has 0 bridgehead atoms. The van der Waals surface area contributed by atoms with E-state index in [-0.39, 0.29) is 0 Å². The quantitative estimate of drug-likeness (QED) is 0.322. The molecule has 1 aliphatic rings. The molecule has 1 fully saturated rings. The molecule has 0 saturated carbocycles. The molecule has 24 heavy (non-hydrogen) atoms. The van der Waals surface area contributed by atoms with E-state index < -0.39 is 23.8 Å². The molecule has 4 amide bonds. The van der Waals surface area contributed by atoms with Gasteiger partial charge in [0.25, 0.3) is 0 Å². The predicted octanol–water partition coefficient (Wildman–Crippen LogP) is 0.257. The van der Waals surface area contributed by atoms with Crippen LogP contribution in [0.1, 0.15) is 46.5 Å². The van der Waals surface area contributed by atoms with Gasteiger partial charge in [-0.25, -0.2) is 4.79 Å². The minimum atomic E-state index is -0.986. The largest absolute Gasteiger partial charge is 0.334 e. The summed E-state index contributed by atoms with van der Waals surface area (Å²) in [6.45, 7) is 10.2. The number of imide groups is 2. The number of carbonyl (C=O) groups is 3. The van der Waals surface area contributed by atoms with Crippen LogP contribution in [0.5, 0.6) is 0 Å². The number of quaternary nitrogens is 1. The smallest absolute Gasteiger partial charge is 0.330 e. The van der Waals surface area contributed by atoms with Crippen molar-refractivity contribution in [2.75, 3.05) is 32.7 Å². The van der Waals surface area contributed by atoms with Crippen LogP contribution in [0.4, 0.5) is 4.79 Å². The number of nitrogens with one attached hydrogen (secondary N) is 2. The summed E-state index contributed by atoms with van der Waals surface area (Å²) in [6.07, 6.45) is 5.28. The number of carbonyl (C=O) groups excluding carboxylic acids is 3. The van der Waals surface area contributed by atoms with E-state index in [0.717, 1.165) is 50.2 Å². The molecule has 1 rings (SSSR count). The molecule has 0 aromatic rings. The van der Waals surface area contributed by atoms with E-state index in [2.05, 4.69) is 31.1 Å². The number of nitrogens with zero attached hydrogens (tertiary/aromatic N) is 2. The predicted molar refractivity (Wildman–Crippen MR) is 93.2 cm³/mol. The average molecular weight is 339 g/mol. The Kier molecular flexibility index (Phi) is 9.22. The Balaban J connectivity index is 2.57. The second-order valence-corrected chi connectivity index (χ2v) is 6.08. The van der Waals surface area contributed by atoms with Crippen LogP contribution in [0, 0.1) is 5.92 Å². The molecule has 7 nitrogen and oxygen atoms in total. The third kappa shape index (κ3) is 6.03. The van der Waals surface area contributed by atoms with Gasteiger partial charge in [-0.1, -0.05) is 26.2 Å². The third-order valence-corrected chi connectivity index (χ3v) is 4.37. The second-order valence-electron chi connectivity index (χ2n) is 6.08. The summed E-state index contributed by atoms with van der Waals surface area (Å²) in [6, 6.07) is -0.612. The Morgan fingerprint density at radius 3 is 2.46 bits per heavy atom. The van der Waals surface area contributed by atoms with E-state index in [1.54, 1.807) is 0 Å². The number of urea groups is 1. The van der Waals surface area contributed by atoms with Gasteiger partial charge in [-0.3, -0.25) is 24.8 Å². The van der Waals surface area contributed by atoms with E-state index in [4.69, 9.17) is 0 Å². The summed E-state index contributed by atoms with van der Waals surface area (Å²) in [7, 11) is 0. The lowest BCUT2D eigenvalue weighted by molar-refractivity contribution is -0.894. The molecule has 0 spiro atoms. The van der Waals surface area contributed by atoms with Crippen LogP contribution in [-0.4, -0.2) is 61.7 Å². The zero-order chi connectivity index (χ0) is 17.9. The fourth-order valence-electron chi connectivity index (χ4n) is 2.68. The van der Waals surface area contributed by atoms with Gasteiger partial charge in [0.05, 0.1) is 26.2 Å². The van der Waals surface area contributed by atoms with Gasteiger partial charge in [-0.2, -0.15) is 0 Å². The van der Waals surface area contributed by atoms with Gasteiger partial charge in [0.2, 0.25) is 11.8 Å². The topological polar surface area (TPSA) is 83.3 Å². The van der Waals surface area contributed by atoms with E-state index in [1.807, 2.05) is 0 Å². The maximum absolute atomic E-state index is 12.4. The molecule has 0 unspecified atom stereocenters. The first-order valence-corrected chi connectivity index (χ1v) is 9.04. The lowest BCUT2D eigenvalue weighted by Gasteiger charge is -2.28. The Bertz CT molecular complexity index is 461. The van der Waals surface area contributed by atoms with Gasteiger partial charge in [0.1, 0.15) is 0 Å². The first-order chi connectivity index (χ1) is 11.5. The molecule has 1 saturated heterocycles. The highest BCUT2D eigenvalue weighted by Crippen LogP contribution is 2.11. The van der Waals surface area contributed by atoms with Crippen molar-refractivity contribution < 1.29 is 19.3 Å². The Morgan fingerprint density at radius 2 is 1.83 bits per heavy atom. The monoisotopic (exact) mass is 339 g/mol. The summed E-state index contributed by atoms with van der Waals surface area (Å²) in [5.74, 6) is -2.02. The Hall–Kier alpha value is -1.76. The van der Waals surface area contributed by atoms with Crippen LogP contribution >= 0.6 is 0 Å². The number of likely N-dealkylation sites (N-methyl/N-ethyl adjacent to an activating group) is 1. The molecule has 2 N–H and O–H groups in total. The van der Waals surface area contributed by atoms with Crippen LogP contribution in [-0.2, 0) is 9.59 Å². The summed E-state index contributed by atoms with van der Waals surface area (Å²) < 4.78 is 0. The SMILES string of the molecule is CCCCCCN1C(=O)NC(=O)[C@H](C=NCC[NH+](CC)CC)C1=O. The normalized spacial score (nSPS) is 18.8. The van der Waals surface area contributed by atoms with Gasteiger partial charge in [-0.05, 0) is 20.3 Å². The summed E-state index contributed by atoms with van der Waals surface area (Å²) >= 11 is 0. The van der Waals surface area contributed by atoms with Crippen LogP contribution in [0.15, 0.2) is 4.99 Å². The number of amides is 4. The zero-order valence-electron chi connectivity index (χ0n) is 15.1. The van der Waals surface area contributed by atoms with E-state index in [9.17, 15) is 14.4 Å². The molecular formula is C17H31N4O3+. The maximum Gasteiger partial charge on any atom is 0.330 e. The van der Waals surface area contributed by atoms with E-state index >= 15 is 0 Å². The van der Waals surface area contributed by atoms with Crippen LogP contribution in [0.25, 0.3) is 0 Å². The van der Waals surface area contributed by atoms with Gasteiger partial charge in [0.15, 0.2) is 5.92 Å². The van der Waals surface area contributed by atoms with E-state index in [0.29, 0.717) is 13.1 Å². The second kappa shape index (κ2) is 10.9. The van der Waals surface area contributed by atoms with Gasteiger partial charge in [0, 0.05) is 12.8 Å². The van der Waals surface area contributed by atoms with Crippen molar-refractivity contribution >= 4 is 24.1 Å². The molecule has 136 valence electrons. The lowest BCUT2D eigenvalue weighted by Crippen LogP contribution is -3.11. The summed E-state index contributed by atoms with van der Waals surface area (Å²) in [4.78, 5) is 42.9. The van der Waals surface area contributed by atoms with Gasteiger partial charge in [-0.15, -0.1) is 0 Å². The molecule has 0 aliphatic carbocycles. The minimum absolute atomic E-state index is 0.353. The first kappa shape index (κ1) is 20.3.